The van der Waals surface area contributed by atoms with Crippen LogP contribution in [0.25, 0.3) is 0 Å². The van der Waals surface area contributed by atoms with Gasteiger partial charge in [0, 0.05) is 31.6 Å². The van der Waals surface area contributed by atoms with Crippen molar-refractivity contribution < 1.29 is 13.7 Å². The van der Waals surface area contributed by atoms with Gasteiger partial charge in [0.05, 0.1) is 35.4 Å². The van der Waals surface area contributed by atoms with E-state index in [-0.39, 0.29) is 5.60 Å². The molecule has 158 valence electrons. The third-order valence-corrected chi connectivity index (χ3v) is 7.29. The average molecular weight is 416 g/mol. The van der Waals surface area contributed by atoms with Gasteiger partial charge in [0.2, 0.25) is 0 Å². The molecule has 1 aliphatic heterocycles. The third kappa shape index (κ3) is 6.75. The van der Waals surface area contributed by atoms with E-state index in [4.69, 9.17) is 9.47 Å². The molecule has 3 rings (SSSR count). The van der Waals surface area contributed by atoms with Crippen LogP contribution < -0.4 is 0 Å². The van der Waals surface area contributed by atoms with Crippen molar-refractivity contribution in [3.8, 4) is 0 Å². The highest BCUT2D eigenvalue weighted by Gasteiger charge is 2.37. The third-order valence-electron chi connectivity index (χ3n) is 5.70. The van der Waals surface area contributed by atoms with E-state index in [1.54, 1.807) is 7.11 Å². The second kappa shape index (κ2) is 11.0. The number of rotatable bonds is 10. The van der Waals surface area contributed by atoms with Crippen LogP contribution in [0, 0.1) is 6.92 Å². The highest BCUT2D eigenvalue weighted by Crippen LogP contribution is 2.29. The SMILES string of the molecule is COCCOC1(CS(=O)c2ccc(C)cc2)CCN(CCc2ccccc2)CC1. The molecule has 1 heterocycles. The molecule has 0 amide bonds. The molecule has 0 radical (unpaired) electrons. The minimum absolute atomic E-state index is 0.336. The van der Waals surface area contributed by atoms with E-state index in [2.05, 4.69) is 35.2 Å². The number of methoxy groups -OCH3 is 1. The lowest BCUT2D eigenvalue weighted by atomic mass is 9.92. The molecule has 0 aliphatic carbocycles. The molecule has 4 nitrogen and oxygen atoms in total. The second-order valence-electron chi connectivity index (χ2n) is 7.90. The highest BCUT2D eigenvalue weighted by atomic mass is 32.2. The largest absolute Gasteiger partial charge is 0.382 e. The van der Waals surface area contributed by atoms with Gasteiger partial charge in [0.1, 0.15) is 0 Å². The second-order valence-corrected chi connectivity index (χ2v) is 9.36. The maximum atomic E-state index is 13.0. The minimum Gasteiger partial charge on any atom is -0.382 e. The van der Waals surface area contributed by atoms with E-state index >= 15 is 0 Å². The van der Waals surface area contributed by atoms with Crippen LogP contribution in [0.3, 0.4) is 0 Å². The van der Waals surface area contributed by atoms with Gasteiger partial charge in [-0.2, -0.15) is 0 Å². The van der Waals surface area contributed by atoms with E-state index in [0.29, 0.717) is 19.0 Å². The summed E-state index contributed by atoms with van der Waals surface area (Å²) in [6.45, 7) is 6.17. The van der Waals surface area contributed by atoms with E-state index in [1.165, 1.54) is 11.1 Å². The number of likely N-dealkylation sites (tertiary alicyclic amines) is 1. The highest BCUT2D eigenvalue weighted by molar-refractivity contribution is 7.85. The fraction of sp³-hybridized carbons (Fsp3) is 0.500. The Morgan fingerprint density at radius 3 is 2.34 bits per heavy atom. The smallest absolute Gasteiger partial charge is 0.0826 e. The molecule has 0 aromatic heterocycles. The molecule has 2 aromatic carbocycles. The van der Waals surface area contributed by atoms with Gasteiger partial charge in [0.15, 0.2) is 0 Å². The van der Waals surface area contributed by atoms with E-state index in [1.807, 2.05) is 31.2 Å². The molecule has 2 aromatic rings. The van der Waals surface area contributed by atoms with Crippen LogP contribution in [0.1, 0.15) is 24.0 Å². The Bertz CT molecular complexity index is 755. The first-order chi connectivity index (χ1) is 14.1. The van der Waals surface area contributed by atoms with Crippen LogP contribution in [0.5, 0.6) is 0 Å². The molecule has 0 N–H and O–H groups in total. The monoisotopic (exact) mass is 415 g/mol. The molecule has 1 saturated heterocycles. The Morgan fingerprint density at radius 1 is 1.00 bits per heavy atom. The number of benzene rings is 2. The van der Waals surface area contributed by atoms with Crippen LogP contribution in [-0.4, -0.2) is 60.4 Å². The molecular formula is C24H33NO3S. The summed E-state index contributed by atoms with van der Waals surface area (Å²) in [4.78, 5) is 3.39. The Balaban J connectivity index is 1.58. The molecule has 1 unspecified atom stereocenters. The Morgan fingerprint density at radius 2 is 1.69 bits per heavy atom. The van der Waals surface area contributed by atoms with Crippen molar-refractivity contribution in [3.05, 3.63) is 65.7 Å². The van der Waals surface area contributed by atoms with Crippen LogP contribution in [-0.2, 0) is 26.7 Å². The molecule has 1 aliphatic rings. The predicted octanol–water partition coefficient (Wildman–Crippen LogP) is 3.84. The number of nitrogens with zero attached hydrogens (tertiary/aromatic N) is 1. The first kappa shape index (κ1) is 22.2. The Labute approximate surface area is 177 Å². The summed E-state index contributed by atoms with van der Waals surface area (Å²) < 4.78 is 24.5. The Hall–Kier alpha value is -1.53. The van der Waals surface area contributed by atoms with E-state index in [0.717, 1.165) is 43.8 Å². The predicted molar refractivity (Wildman–Crippen MR) is 119 cm³/mol. The number of aryl methyl sites for hydroxylation is 1. The molecule has 0 bridgehead atoms. The molecule has 0 saturated carbocycles. The summed E-state index contributed by atoms with van der Waals surface area (Å²) in [5, 5.41) is 0. The van der Waals surface area contributed by atoms with Crippen molar-refractivity contribution in [3.63, 3.8) is 0 Å². The lowest BCUT2D eigenvalue weighted by Gasteiger charge is -2.41. The number of ether oxygens (including phenoxy) is 2. The number of hydrogen-bond acceptors (Lipinski definition) is 4. The maximum Gasteiger partial charge on any atom is 0.0826 e. The maximum absolute atomic E-state index is 13.0. The van der Waals surface area contributed by atoms with Gasteiger partial charge < -0.3 is 14.4 Å². The lowest BCUT2D eigenvalue weighted by Crippen LogP contribution is -2.50. The van der Waals surface area contributed by atoms with Crippen molar-refractivity contribution >= 4 is 10.8 Å². The normalized spacial score (nSPS) is 17.9. The van der Waals surface area contributed by atoms with E-state index in [9.17, 15) is 4.21 Å². The lowest BCUT2D eigenvalue weighted by molar-refractivity contribution is -0.0808. The van der Waals surface area contributed by atoms with Gasteiger partial charge >= 0.3 is 0 Å². The van der Waals surface area contributed by atoms with Crippen molar-refractivity contribution in [2.75, 3.05) is 45.7 Å². The van der Waals surface area contributed by atoms with Gasteiger partial charge in [-0.15, -0.1) is 0 Å². The van der Waals surface area contributed by atoms with Crippen molar-refractivity contribution in [2.24, 2.45) is 0 Å². The number of piperidine rings is 1. The zero-order chi connectivity index (χ0) is 20.5. The zero-order valence-corrected chi connectivity index (χ0v) is 18.5. The van der Waals surface area contributed by atoms with Crippen LogP contribution in [0.2, 0.25) is 0 Å². The van der Waals surface area contributed by atoms with Gasteiger partial charge in [0.25, 0.3) is 0 Å². The first-order valence-corrected chi connectivity index (χ1v) is 11.8. The molecular weight excluding hydrogens is 382 g/mol. The van der Waals surface area contributed by atoms with E-state index < -0.39 is 10.8 Å². The molecule has 1 atom stereocenters. The summed E-state index contributed by atoms with van der Waals surface area (Å²) in [5.41, 5.74) is 2.22. The fourth-order valence-corrected chi connectivity index (χ4v) is 5.26. The zero-order valence-electron chi connectivity index (χ0n) is 17.6. The van der Waals surface area contributed by atoms with Crippen molar-refractivity contribution in [1.82, 2.24) is 4.90 Å². The molecule has 29 heavy (non-hydrogen) atoms. The average Bonchev–Trinajstić information content (AvgIpc) is 2.75. The first-order valence-electron chi connectivity index (χ1n) is 10.4. The number of hydrogen-bond donors (Lipinski definition) is 0. The summed E-state index contributed by atoms with van der Waals surface area (Å²) in [5.74, 6) is 0.548. The standard InChI is InChI=1S/C24H33NO3S/c1-21-8-10-23(11-9-21)29(26)20-24(28-19-18-27-2)13-16-25(17-14-24)15-12-22-6-4-3-5-7-22/h3-11H,12-20H2,1-2H3. The van der Waals surface area contributed by atoms with Gasteiger partial charge in [-0.25, -0.2) is 0 Å². The summed E-state index contributed by atoms with van der Waals surface area (Å²) in [6, 6.07) is 18.6. The summed E-state index contributed by atoms with van der Waals surface area (Å²) in [6.07, 6.45) is 2.87. The fourth-order valence-electron chi connectivity index (χ4n) is 3.80. The van der Waals surface area contributed by atoms with Gasteiger partial charge in [-0.3, -0.25) is 4.21 Å². The Kier molecular flexibility index (Phi) is 8.42. The quantitative estimate of drug-likeness (QED) is 0.553. The van der Waals surface area contributed by atoms with Gasteiger partial charge in [-0.1, -0.05) is 48.0 Å². The van der Waals surface area contributed by atoms with Crippen LogP contribution >= 0.6 is 0 Å². The molecule has 1 fully saturated rings. The van der Waals surface area contributed by atoms with Crippen molar-refractivity contribution in [2.45, 2.75) is 36.7 Å². The van der Waals surface area contributed by atoms with Gasteiger partial charge in [-0.05, 0) is 43.9 Å². The van der Waals surface area contributed by atoms with Crippen LogP contribution in [0.15, 0.2) is 59.5 Å². The van der Waals surface area contributed by atoms with Crippen molar-refractivity contribution in [1.29, 1.82) is 0 Å². The molecule has 0 spiro atoms. The van der Waals surface area contributed by atoms with Crippen LogP contribution in [0.4, 0.5) is 0 Å². The molecule has 5 heteroatoms. The summed E-state index contributed by atoms with van der Waals surface area (Å²) >= 11 is 0. The summed E-state index contributed by atoms with van der Waals surface area (Å²) in [7, 11) is 0.624. The topological polar surface area (TPSA) is 38.8 Å². The minimum atomic E-state index is -1.06.